The SMILES string of the molecule is Oc1ccc(-c2nc3cccnc3s2)cc1Cl. The fourth-order valence-corrected chi connectivity index (χ4v) is 2.62. The van der Waals surface area contributed by atoms with Crippen molar-refractivity contribution in [1.82, 2.24) is 9.97 Å². The first-order chi connectivity index (χ1) is 8.24. The second-order valence-corrected chi connectivity index (χ2v) is 4.90. The highest BCUT2D eigenvalue weighted by atomic mass is 35.5. The topological polar surface area (TPSA) is 46.0 Å². The van der Waals surface area contributed by atoms with Crippen LogP contribution in [0.5, 0.6) is 5.75 Å². The van der Waals surface area contributed by atoms with Crippen LogP contribution < -0.4 is 0 Å². The summed E-state index contributed by atoms with van der Waals surface area (Å²) in [7, 11) is 0. The Labute approximate surface area is 106 Å². The Morgan fingerprint density at radius 2 is 2.12 bits per heavy atom. The number of fused-ring (bicyclic) bond motifs is 1. The minimum absolute atomic E-state index is 0.0784. The maximum Gasteiger partial charge on any atom is 0.143 e. The predicted octanol–water partition coefficient (Wildman–Crippen LogP) is 3.72. The van der Waals surface area contributed by atoms with Crippen LogP contribution in [0, 0.1) is 0 Å². The number of halogens is 1. The lowest BCUT2D eigenvalue weighted by atomic mass is 10.2. The summed E-state index contributed by atoms with van der Waals surface area (Å²) in [6.45, 7) is 0. The van der Waals surface area contributed by atoms with E-state index in [1.165, 1.54) is 11.3 Å². The van der Waals surface area contributed by atoms with E-state index in [1.807, 2.05) is 12.1 Å². The van der Waals surface area contributed by atoms with Gasteiger partial charge in [0, 0.05) is 11.8 Å². The van der Waals surface area contributed by atoms with Crippen molar-refractivity contribution in [2.24, 2.45) is 0 Å². The minimum Gasteiger partial charge on any atom is -0.506 e. The standard InChI is InChI=1S/C12H7ClN2OS/c13-8-6-7(3-4-10(8)16)11-15-9-2-1-5-14-12(9)17-11/h1-6,16H. The molecule has 0 spiro atoms. The first-order valence-corrected chi connectivity index (χ1v) is 6.14. The van der Waals surface area contributed by atoms with E-state index in [4.69, 9.17) is 11.6 Å². The van der Waals surface area contributed by atoms with Crippen LogP contribution in [0.1, 0.15) is 0 Å². The van der Waals surface area contributed by atoms with Gasteiger partial charge in [0.15, 0.2) is 0 Å². The van der Waals surface area contributed by atoms with Gasteiger partial charge in [-0.1, -0.05) is 22.9 Å². The van der Waals surface area contributed by atoms with Gasteiger partial charge in [-0.25, -0.2) is 9.97 Å². The molecule has 0 bridgehead atoms. The van der Waals surface area contributed by atoms with Gasteiger partial charge < -0.3 is 5.11 Å². The average molecular weight is 263 g/mol. The van der Waals surface area contributed by atoms with Crippen molar-refractivity contribution in [3.8, 4) is 16.3 Å². The highest BCUT2D eigenvalue weighted by Crippen LogP contribution is 2.33. The zero-order valence-corrected chi connectivity index (χ0v) is 10.2. The van der Waals surface area contributed by atoms with Crippen molar-refractivity contribution in [2.75, 3.05) is 0 Å². The summed E-state index contributed by atoms with van der Waals surface area (Å²) >= 11 is 7.38. The van der Waals surface area contributed by atoms with Crippen LogP contribution >= 0.6 is 22.9 Å². The van der Waals surface area contributed by atoms with Crippen LogP contribution in [-0.4, -0.2) is 15.1 Å². The molecule has 0 radical (unpaired) electrons. The Bertz CT molecular complexity index is 663. The molecule has 0 aliphatic rings. The molecule has 3 rings (SSSR count). The molecule has 0 fully saturated rings. The van der Waals surface area contributed by atoms with E-state index in [0.717, 1.165) is 20.9 Å². The van der Waals surface area contributed by atoms with Crippen LogP contribution in [0.2, 0.25) is 5.02 Å². The zero-order chi connectivity index (χ0) is 11.8. The molecular formula is C12H7ClN2OS. The molecule has 84 valence electrons. The second-order valence-electron chi connectivity index (χ2n) is 3.51. The number of nitrogens with zero attached hydrogens (tertiary/aromatic N) is 2. The van der Waals surface area contributed by atoms with Crippen LogP contribution in [0.15, 0.2) is 36.5 Å². The van der Waals surface area contributed by atoms with E-state index >= 15 is 0 Å². The van der Waals surface area contributed by atoms with Crippen LogP contribution in [0.3, 0.4) is 0 Å². The summed E-state index contributed by atoms with van der Waals surface area (Å²) in [5.41, 5.74) is 1.76. The van der Waals surface area contributed by atoms with Gasteiger partial charge in [0.05, 0.1) is 5.02 Å². The van der Waals surface area contributed by atoms with Crippen LogP contribution in [-0.2, 0) is 0 Å². The number of phenols is 1. The number of phenolic OH excluding ortho intramolecular Hbond substituents is 1. The van der Waals surface area contributed by atoms with Crippen LogP contribution in [0.4, 0.5) is 0 Å². The van der Waals surface area contributed by atoms with Crippen LogP contribution in [0.25, 0.3) is 20.9 Å². The van der Waals surface area contributed by atoms with Gasteiger partial charge in [-0.05, 0) is 30.3 Å². The predicted molar refractivity (Wildman–Crippen MR) is 69.5 cm³/mol. The number of aromatic hydroxyl groups is 1. The number of thiazole rings is 1. The minimum atomic E-state index is 0.0784. The third-order valence-electron chi connectivity index (χ3n) is 2.36. The summed E-state index contributed by atoms with van der Waals surface area (Å²) in [6, 6.07) is 8.84. The normalized spacial score (nSPS) is 10.9. The van der Waals surface area contributed by atoms with E-state index in [-0.39, 0.29) is 5.75 Å². The Kier molecular flexibility index (Phi) is 2.46. The molecule has 3 nitrogen and oxygen atoms in total. The summed E-state index contributed by atoms with van der Waals surface area (Å²) in [6.07, 6.45) is 1.74. The molecule has 3 aromatic rings. The number of benzene rings is 1. The molecule has 0 atom stereocenters. The van der Waals surface area contributed by atoms with E-state index in [1.54, 1.807) is 24.4 Å². The Balaban J connectivity index is 2.17. The van der Waals surface area contributed by atoms with Gasteiger partial charge >= 0.3 is 0 Å². The molecule has 1 N–H and O–H groups in total. The number of hydrogen-bond donors (Lipinski definition) is 1. The van der Waals surface area contributed by atoms with Gasteiger partial charge in [0.2, 0.25) is 0 Å². The molecule has 0 unspecified atom stereocenters. The van der Waals surface area contributed by atoms with Gasteiger partial charge in [-0.2, -0.15) is 0 Å². The largest absolute Gasteiger partial charge is 0.506 e. The molecule has 17 heavy (non-hydrogen) atoms. The third kappa shape index (κ3) is 1.85. The highest BCUT2D eigenvalue weighted by molar-refractivity contribution is 7.21. The maximum absolute atomic E-state index is 9.37. The molecular weight excluding hydrogens is 256 g/mol. The van der Waals surface area contributed by atoms with Gasteiger partial charge in [0.1, 0.15) is 21.1 Å². The van der Waals surface area contributed by atoms with Crippen molar-refractivity contribution < 1.29 is 5.11 Å². The van der Waals surface area contributed by atoms with Gasteiger partial charge in [0.25, 0.3) is 0 Å². The van der Waals surface area contributed by atoms with Crippen molar-refractivity contribution in [1.29, 1.82) is 0 Å². The summed E-state index contributed by atoms with van der Waals surface area (Å²) in [4.78, 5) is 9.61. The molecule has 5 heteroatoms. The number of aromatic nitrogens is 2. The number of pyridine rings is 1. The number of rotatable bonds is 1. The molecule has 0 saturated carbocycles. The molecule has 0 aliphatic carbocycles. The summed E-state index contributed by atoms with van der Waals surface area (Å²) in [5, 5.41) is 10.5. The van der Waals surface area contributed by atoms with Crippen molar-refractivity contribution in [2.45, 2.75) is 0 Å². The first-order valence-electron chi connectivity index (χ1n) is 4.94. The second kappa shape index (κ2) is 3.98. The molecule has 0 amide bonds. The fraction of sp³-hybridized carbons (Fsp3) is 0. The lowest BCUT2D eigenvalue weighted by Crippen LogP contribution is -1.76. The van der Waals surface area contributed by atoms with E-state index in [0.29, 0.717) is 5.02 Å². The maximum atomic E-state index is 9.37. The molecule has 0 saturated heterocycles. The smallest absolute Gasteiger partial charge is 0.143 e. The van der Waals surface area contributed by atoms with E-state index < -0.39 is 0 Å². The lowest BCUT2D eigenvalue weighted by molar-refractivity contribution is 0.475. The fourth-order valence-electron chi connectivity index (χ4n) is 1.53. The quantitative estimate of drug-likeness (QED) is 0.727. The van der Waals surface area contributed by atoms with Crippen molar-refractivity contribution in [3.63, 3.8) is 0 Å². The molecule has 2 heterocycles. The average Bonchev–Trinajstić information content (AvgIpc) is 2.76. The van der Waals surface area contributed by atoms with E-state index in [2.05, 4.69) is 9.97 Å². The number of hydrogen-bond acceptors (Lipinski definition) is 4. The van der Waals surface area contributed by atoms with Crippen molar-refractivity contribution >= 4 is 33.3 Å². The Hall–Kier alpha value is -1.65. The molecule has 0 aliphatic heterocycles. The van der Waals surface area contributed by atoms with Crippen molar-refractivity contribution in [3.05, 3.63) is 41.6 Å². The molecule has 1 aromatic carbocycles. The summed E-state index contributed by atoms with van der Waals surface area (Å²) < 4.78 is 0. The summed E-state index contributed by atoms with van der Waals surface area (Å²) in [5.74, 6) is 0.0784. The third-order valence-corrected chi connectivity index (χ3v) is 3.69. The van der Waals surface area contributed by atoms with Gasteiger partial charge in [-0.3, -0.25) is 0 Å². The Morgan fingerprint density at radius 1 is 1.24 bits per heavy atom. The zero-order valence-electron chi connectivity index (χ0n) is 8.59. The van der Waals surface area contributed by atoms with Gasteiger partial charge in [-0.15, -0.1) is 0 Å². The van der Waals surface area contributed by atoms with E-state index in [9.17, 15) is 5.11 Å². The monoisotopic (exact) mass is 262 g/mol. The first kappa shape index (κ1) is 10.5. The Morgan fingerprint density at radius 3 is 2.88 bits per heavy atom. The lowest BCUT2D eigenvalue weighted by Gasteiger charge is -1.98. The highest BCUT2D eigenvalue weighted by Gasteiger charge is 2.08. The molecule has 2 aromatic heterocycles.